The fourth-order valence-corrected chi connectivity index (χ4v) is 5.44. The van der Waals surface area contributed by atoms with Gasteiger partial charge in [-0.2, -0.15) is 4.31 Å². The van der Waals surface area contributed by atoms with Gasteiger partial charge >= 0.3 is 0 Å². The third kappa shape index (κ3) is 4.57. The van der Waals surface area contributed by atoms with E-state index in [0.717, 1.165) is 30.3 Å². The summed E-state index contributed by atoms with van der Waals surface area (Å²) in [6.45, 7) is 1.79. The third-order valence-electron chi connectivity index (χ3n) is 5.66. The molecule has 7 heteroatoms. The molecule has 2 N–H and O–H groups in total. The molecular formula is C23H27N3O3S. The van der Waals surface area contributed by atoms with Gasteiger partial charge in [0.2, 0.25) is 15.9 Å². The molecule has 0 bridgehead atoms. The molecule has 1 saturated heterocycles. The molecule has 1 fully saturated rings. The molecule has 1 aromatic heterocycles. The number of hydrogen-bond acceptors (Lipinski definition) is 3. The molecule has 0 aliphatic carbocycles. The van der Waals surface area contributed by atoms with Crippen molar-refractivity contribution in [2.75, 3.05) is 19.6 Å². The van der Waals surface area contributed by atoms with Crippen molar-refractivity contribution in [2.45, 2.75) is 37.0 Å². The number of carbonyl (C=O) groups excluding carboxylic acids is 1. The van der Waals surface area contributed by atoms with E-state index >= 15 is 0 Å². The van der Waals surface area contributed by atoms with E-state index in [1.807, 2.05) is 36.5 Å². The van der Waals surface area contributed by atoms with E-state index < -0.39 is 10.0 Å². The van der Waals surface area contributed by atoms with Gasteiger partial charge in [0.1, 0.15) is 0 Å². The monoisotopic (exact) mass is 425 g/mol. The number of aryl methyl sites for hydroxylation is 1. The highest BCUT2D eigenvalue weighted by atomic mass is 32.2. The van der Waals surface area contributed by atoms with Crippen LogP contribution in [0.4, 0.5) is 0 Å². The van der Waals surface area contributed by atoms with Crippen molar-refractivity contribution in [1.29, 1.82) is 0 Å². The molecule has 0 saturated carbocycles. The zero-order valence-corrected chi connectivity index (χ0v) is 17.7. The van der Waals surface area contributed by atoms with Gasteiger partial charge in [-0.3, -0.25) is 4.79 Å². The Hall–Kier alpha value is -2.64. The first-order chi connectivity index (χ1) is 14.5. The number of hydrogen-bond donors (Lipinski definition) is 2. The number of nitrogens with one attached hydrogen (secondary N) is 2. The van der Waals surface area contributed by atoms with Crippen LogP contribution in [0.2, 0.25) is 0 Å². The summed E-state index contributed by atoms with van der Waals surface area (Å²) in [5.74, 6) is 0.00334. The molecule has 1 aliphatic heterocycles. The van der Waals surface area contributed by atoms with E-state index in [1.165, 1.54) is 10.9 Å². The van der Waals surface area contributed by atoms with Gasteiger partial charge in [0, 0.05) is 43.2 Å². The lowest BCUT2D eigenvalue weighted by atomic mass is 10.1. The van der Waals surface area contributed by atoms with Gasteiger partial charge in [-0.15, -0.1) is 0 Å². The van der Waals surface area contributed by atoms with E-state index in [1.54, 1.807) is 16.4 Å². The number of nitrogens with zero attached hydrogens (tertiary/aromatic N) is 1. The summed E-state index contributed by atoms with van der Waals surface area (Å²) in [6.07, 6.45) is 5.59. The van der Waals surface area contributed by atoms with Crippen LogP contribution in [-0.4, -0.2) is 43.2 Å². The largest absolute Gasteiger partial charge is 0.361 e. The van der Waals surface area contributed by atoms with Crippen molar-refractivity contribution < 1.29 is 13.2 Å². The predicted octanol–water partition coefficient (Wildman–Crippen LogP) is 3.24. The molecule has 158 valence electrons. The van der Waals surface area contributed by atoms with Crippen molar-refractivity contribution in [3.63, 3.8) is 0 Å². The van der Waals surface area contributed by atoms with Crippen LogP contribution in [0.3, 0.4) is 0 Å². The van der Waals surface area contributed by atoms with Gasteiger partial charge in [-0.25, -0.2) is 8.42 Å². The quantitative estimate of drug-likeness (QED) is 0.581. The minimum atomic E-state index is -3.38. The summed E-state index contributed by atoms with van der Waals surface area (Å²) >= 11 is 0. The van der Waals surface area contributed by atoms with E-state index in [0.29, 0.717) is 37.4 Å². The van der Waals surface area contributed by atoms with Crippen LogP contribution < -0.4 is 5.32 Å². The second-order valence-electron chi connectivity index (χ2n) is 7.71. The second-order valence-corrected chi connectivity index (χ2v) is 9.65. The van der Waals surface area contributed by atoms with Crippen molar-refractivity contribution in [3.8, 4) is 0 Å². The van der Waals surface area contributed by atoms with Gasteiger partial charge in [-0.05, 0) is 55.0 Å². The Morgan fingerprint density at radius 1 is 1.00 bits per heavy atom. The number of H-pyrrole nitrogens is 1. The number of aromatic amines is 1. The van der Waals surface area contributed by atoms with Crippen LogP contribution in [0.5, 0.6) is 0 Å². The Bertz CT molecular complexity index is 1110. The average Bonchev–Trinajstić information content (AvgIpc) is 3.44. The first-order valence-electron chi connectivity index (χ1n) is 10.4. The van der Waals surface area contributed by atoms with Crippen LogP contribution in [0.1, 0.15) is 30.4 Å². The SMILES string of the molecule is O=C(CCc1ccc(S(=O)(=O)N2CCCC2)cc1)NCCc1c[nH]c2ccccc12. The fraction of sp³-hybridized carbons (Fsp3) is 0.348. The van der Waals surface area contributed by atoms with E-state index in [-0.39, 0.29) is 5.91 Å². The molecule has 1 amide bonds. The normalized spacial score (nSPS) is 14.9. The van der Waals surface area contributed by atoms with E-state index in [9.17, 15) is 13.2 Å². The van der Waals surface area contributed by atoms with Gasteiger partial charge in [0.25, 0.3) is 0 Å². The molecule has 3 aromatic rings. The van der Waals surface area contributed by atoms with Crippen LogP contribution in [0.25, 0.3) is 10.9 Å². The molecule has 0 atom stereocenters. The molecule has 2 aromatic carbocycles. The predicted molar refractivity (Wildman–Crippen MR) is 118 cm³/mol. The molecule has 0 spiro atoms. The zero-order chi connectivity index (χ0) is 21.0. The second kappa shape index (κ2) is 9.02. The van der Waals surface area contributed by atoms with Gasteiger partial charge in [-0.1, -0.05) is 30.3 Å². The maximum atomic E-state index is 12.6. The molecule has 0 radical (unpaired) electrons. The number of para-hydroxylation sites is 1. The Balaban J connectivity index is 1.25. The summed E-state index contributed by atoms with van der Waals surface area (Å²) < 4.78 is 26.7. The van der Waals surface area contributed by atoms with Gasteiger partial charge in [0.15, 0.2) is 0 Å². The number of fused-ring (bicyclic) bond motifs is 1. The highest BCUT2D eigenvalue weighted by molar-refractivity contribution is 7.89. The molecule has 6 nitrogen and oxygen atoms in total. The number of benzene rings is 2. The highest BCUT2D eigenvalue weighted by Crippen LogP contribution is 2.21. The lowest BCUT2D eigenvalue weighted by Crippen LogP contribution is -2.27. The Kier molecular flexibility index (Phi) is 6.20. The fourth-order valence-electron chi connectivity index (χ4n) is 3.93. The minimum Gasteiger partial charge on any atom is -0.361 e. The molecule has 4 rings (SSSR count). The highest BCUT2D eigenvalue weighted by Gasteiger charge is 2.26. The average molecular weight is 426 g/mol. The Morgan fingerprint density at radius 2 is 1.73 bits per heavy atom. The topological polar surface area (TPSA) is 82.3 Å². The van der Waals surface area contributed by atoms with Gasteiger partial charge in [0.05, 0.1) is 4.90 Å². The van der Waals surface area contributed by atoms with E-state index in [2.05, 4.69) is 16.4 Å². The number of amides is 1. The maximum Gasteiger partial charge on any atom is 0.243 e. The summed E-state index contributed by atoms with van der Waals surface area (Å²) in [4.78, 5) is 15.8. The summed E-state index contributed by atoms with van der Waals surface area (Å²) in [7, 11) is -3.38. The van der Waals surface area contributed by atoms with Crippen molar-refractivity contribution in [3.05, 3.63) is 65.9 Å². The molecule has 30 heavy (non-hydrogen) atoms. The zero-order valence-electron chi connectivity index (χ0n) is 16.9. The smallest absolute Gasteiger partial charge is 0.243 e. The molecule has 0 unspecified atom stereocenters. The lowest BCUT2D eigenvalue weighted by Gasteiger charge is -2.15. The van der Waals surface area contributed by atoms with Crippen molar-refractivity contribution in [1.82, 2.24) is 14.6 Å². The summed E-state index contributed by atoms with van der Waals surface area (Å²) in [5, 5.41) is 4.16. The van der Waals surface area contributed by atoms with Crippen molar-refractivity contribution in [2.24, 2.45) is 0 Å². The molecule has 2 heterocycles. The van der Waals surface area contributed by atoms with Crippen molar-refractivity contribution >= 4 is 26.8 Å². The van der Waals surface area contributed by atoms with Crippen LogP contribution in [0.15, 0.2) is 59.6 Å². The Labute approximate surface area is 177 Å². The Morgan fingerprint density at radius 3 is 2.50 bits per heavy atom. The lowest BCUT2D eigenvalue weighted by molar-refractivity contribution is -0.121. The minimum absolute atomic E-state index is 0.00334. The maximum absolute atomic E-state index is 12.6. The standard InChI is InChI=1S/C23H27N3O3S/c27-23(24-14-13-19-17-25-22-6-2-1-5-21(19)22)12-9-18-7-10-20(11-8-18)30(28,29)26-15-3-4-16-26/h1-2,5-8,10-11,17,25H,3-4,9,12-16H2,(H,24,27). The molecular weight excluding hydrogens is 398 g/mol. The van der Waals surface area contributed by atoms with Crippen LogP contribution in [-0.2, 0) is 27.7 Å². The number of sulfonamides is 1. The van der Waals surface area contributed by atoms with Crippen LogP contribution in [0, 0.1) is 0 Å². The van der Waals surface area contributed by atoms with E-state index in [4.69, 9.17) is 0 Å². The van der Waals surface area contributed by atoms with Crippen LogP contribution >= 0.6 is 0 Å². The number of aromatic nitrogens is 1. The number of rotatable bonds is 8. The summed E-state index contributed by atoms with van der Waals surface area (Å²) in [5.41, 5.74) is 3.26. The number of carbonyl (C=O) groups is 1. The third-order valence-corrected chi connectivity index (χ3v) is 7.57. The van der Waals surface area contributed by atoms with Gasteiger partial charge < -0.3 is 10.3 Å². The molecule has 1 aliphatic rings. The first kappa shape index (κ1) is 20.6. The first-order valence-corrected chi connectivity index (χ1v) is 11.9. The summed E-state index contributed by atoms with van der Waals surface area (Å²) in [6, 6.07) is 15.1.